The van der Waals surface area contributed by atoms with Gasteiger partial charge in [0.25, 0.3) is 0 Å². The lowest BCUT2D eigenvalue weighted by Crippen LogP contribution is -2.24. The van der Waals surface area contributed by atoms with Gasteiger partial charge in [-0.05, 0) is 35.4 Å². The van der Waals surface area contributed by atoms with Crippen LogP contribution in [0, 0.1) is 0 Å². The number of hydrogen-bond acceptors (Lipinski definition) is 4. The van der Waals surface area contributed by atoms with Crippen LogP contribution in [-0.4, -0.2) is 25.9 Å². The first-order valence-electron chi connectivity index (χ1n) is 7.53. The van der Waals surface area contributed by atoms with Crippen LogP contribution in [-0.2, 0) is 17.1 Å². The molecule has 0 aliphatic rings. The second-order valence-corrected chi connectivity index (χ2v) is 6.96. The average molecular weight is 400 g/mol. The minimum Gasteiger partial charge on any atom is -0.493 e. The minimum absolute atomic E-state index is 0.0528. The summed E-state index contributed by atoms with van der Waals surface area (Å²) in [6.45, 7) is 0.423. The zero-order valence-electron chi connectivity index (χ0n) is 14.0. The van der Waals surface area contributed by atoms with Crippen LogP contribution in [0.4, 0.5) is 0 Å². The molecule has 0 unspecified atom stereocenters. The first-order valence-corrected chi connectivity index (χ1v) is 9.44. The molecule has 134 valence electrons. The Morgan fingerprint density at radius 1 is 1.08 bits per heavy atom. The Bertz CT molecular complexity index is 720. The quantitative estimate of drug-likeness (QED) is 0.706. The predicted molar refractivity (Wildman–Crippen MR) is 104 cm³/mol. The van der Waals surface area contributed by atoms with Gasteiger partial charge in [0.15, 0.2) is 11.5 Å². The summed E-state index contributed by atoms with van der Waals surface area (Å²) < 4.78 is 10.4. The van der Waals surface area contributed by atoms with Crippen molar-refractivity contribution in [2.24, 2.45) is 0 Å². The Labute approximate surface area is 161 Å². The lowest BCUT2D eigenvalue weighted by molar-refractivity contribution is -0.118. The normalized spacial score (nSPS) is 10.4. The first kappa shape index (κ1) is 19.8. The molecule has 1 N–H and O–H groups in total. The smallest absolute Gasteiger partial charge is 0.230 e. The molecule has 7 heteroatoms. The molecule has 0 aliphatic heterocycles. The molecule has 0 fully saturated rings. The monoisotopic (exact) mass is 399 g/mol. The fourth-order valence-electron chi connectivity index (χ4n) is 2.16. The van der Waals surface area contributed by atoms with E-state index in [1.807, 2.05) is 18.2 Å². The number of hydrogen-bond donors (Lipinski definition) is 1. The van der Waals surface area contributed by atoms with E-state index in [0.29, 0.717) is 39.6 Å². The number of ether oxygens (including phenoxy) is 2. The van der Waals surface area contributed by atoms with E-state index in [-0.39, 0.29) is 5.91 Å². The zero-order valence-corrected chi connectivity index (χ0v) is 16.3. The maximum absolute atomic E-state index is 12.0. The largest absolute Gasteiger partial charge is 0.493 e. The predicted octanol–water partition coefficient (Wildman–Crippen LogP) is 4.56. The highest BCUT2D eigenvalue weighted by Crippen LogP contribution is 2.28. The summed E-state index contributed by atoms with van der Waals surface area (Å²) in [7, 11) is 3.17. The number of amides is 1. The number of nitrogens with one attached hydrogen (secondary N) is 1. The average Bonchev–Trinajstić information content (AvgIpc) is 2.62. The van der Waals surface area contributed by atoms with Crippen molar-refractivity contribution in [1.82, 2.24) is 5.32 Å². The molecule has 4 nitrogen and oxygen atoms in total. The van der Waals surface area contributed by atoms with E-state index in [9.17, 15) is 4.79 Å². The van der Waals surface area contributed by atoms with Gasteiger partial charge in [0.1, 0.15) is 0 Å². The zero-order chi connectivity index (χ0) is 18.2. The maximum Gasteiger partial charge on any atom is 0.230 e. The summed E-state index contributed by atoms with van der Waals surface area (Å²) in [6, 6.07) is 10.9. The molecule has 0 bridgehead atoms. The molecule has 0 radical (unpaired) electrons. The van der Waals surface area contributed by atoms with Gasteiger partial charge in [-0.15, -0.1) is 11.8 Å². The minimum atomic E-state index is -0.0528. The van der Waals surface area contributed by atoms with E-state index in [0.717, 1.165) is 11.1 Å². The summed E-state index contributed by atoms with van der Waals surface area (Å²) in [5, 5.41) is 4.11. The molecule has 0 aliphatic carbocycles. The maximum atomic E-state index is 12.0. The van der Waals surface area contributed by atoms with Gasteiger partial charge in [-0.1, -0.05) is 35.3 Å². The van der Waals surface area contributed by atoms with Crippen molar-refractivity contribution in [2.75, 3.05) is 20.0 Å². The van der Waals surface area contributed by atoms with Crippen LogP contribution >= 0.6 is 35.0 Å². The molecule has 0 saturated heterocycles. The Hall–Kier alpha value is -1.56. The number of rotatable bonds is 8. The van der Waals surface area contributed by atoms with Crippen LogP contribution in [0.15, 0.2) is 36.4 Å². The summed E-state index contributed by atoms with van der Waals surface area (Å²) in [5.74, 6) is 2.15. The van der Waals surface area contributed by atoms with Gasteiger partial charge in [-0.25, -0.2) is 0 Å². The molecule has 1 amide bonds. The Balaban J connectivity index is 1.81. The van der Waals surface area contributed by atoms with Crippen molar-refractivity contribution in [2.45, 2.75) is 12.3 Å². The van der Waals surface area contributed by atoms with E-state index in [1.165, 1.54) is 11.8 Å². The molecule has 0 atom stereocenters. The molecule has 0 spiro atoms. The van der Waals surface area contributed by atoms with Crippen molar-refractivity contribution in [3.8, 4) is 11.5 Å². The van der Waals surface area contributed by atoms with Crippen LogP contribution in [0.25, 0.3) is 0 Å². The number of halogens is 2. The van der Waals surface area contributed by atoms with E-state index in [4.69, 9.17) is 32.7 Å². The summed E-state index contributed by atoms with van der Waals surface area (Å²) >= 11 is 13.7. The van der Waals surface area contributed by atoms with Crippen molar-refractivity contribution in [1.29, 1.82) is 0 Å². The number of carbonyl (C=O) groups excluding carboxylic acids is 1. The van der Waals surface area contributed by atoms with Crippen LogP contribution in [0.1, 0.15) is 11.1 Å². The lowest BCUT2D eigenvalue weighted by Gasteiger charge is -2.10. The first-order chi connectivity index (χ1) is 12.0. The number of methoxy groups -OCH3 is 2. The van der Waals surface area contributed by atoms with E-state index >= 15 is 0 Å². The van der Waals surface area contributed by atoms with Crippen molar-refractivity contribution < 1.29 is 14.3 Å². The van der Waals surface area contributed by atoms with E-state index in [1.54, 1.807) is 32.4 Å². The Kier molecular flexibility index (Phi) is 7.75. The number of carbonyl (C=O) groups is 1. The number of benzene rings is 2. The van der Waals surface area contributed by atoms with Gasteiger partial charge in [0, 0.05) is 22.3 Å². The van der Waals surface area contributed by atoms with Crippen LogP contribution in [0.5, 0.6) is 11.5 Å². The van der Waals surface area contributed by atoms with E-state index < -0.39 is 0 Å². The number of thioether (sulfide) groups is 1. The fourth-order valence-corrected chi connectivity index (χ4v) is 3.75. The summed E-state index contributed by atoms with van der Waals surface area (Å²) in [4.78, 5) is 12.0. The van der Waals surface area contributed by atoms with Gasteiger partial charge in [-0.3, -0.25) is 4.79 Å². The summed E-state index contributed by atoms with van der Waals surface area (Å²) in [6.07, 6.45) is 0. The van der Waals surface area contributed by atoms with E-state index in [2.05, 4.69) is 5.32 Å². The highest BCUT2D eigenvalue weighted by molar-refractivity contribution is 7.99. The third-order valence-corrected chi connectivity index (χ3v) is 5.15. The SMILES string of the molecule is COc1ccc(CNC(=O)CSCc2c(Cl)cccc2Cl)cc1OC. The second-order valence-electron chi connectivity index (χ2n) is 5.16. The van der Waals surface area contributed by atoms with Gasteiger partial charge < -0.3 is 14.8 Å². The molecular weight excluding hydrogens is 381 g/mol. The van der Waals surface area contributed by atoms with Gasteiger partial charge in [0.05, 0.1) is 20.0 Å². The highest BCUT2D eigenvalue weighted by Gasteiger charge is 2.09. The highest BCUT2D eigenvalue weighted by atomic mass is 35.5. The topological polar surface area (TPSA) is 47.6 Å². The van der Waals surface area contributed by atoms with Crippen molar-refractivity contribution in [3.05, 3.63) is 57.6 Å². The Morgan fingerprint density at radius 3 is 2.40 bits per heavy atom. The molecular formula is C18H19Cl2NO3S. The van der Waals surface area contributed by atoms with Crippen molar-refractivity contribution >= 4 is 40.9 Å². The third kappa shape index (κ3) is 5.73. The van der Waals surface area contributed by atoms with Gasteiger partial charge in [0.2, 0.25) is 5.91 Å². The fraction of sp³-hybridized carbons (Fsp3) is 0.278. The Morgan fingerprint density at radius 2 is 1.76 bits per heavy atom. The van der Waals surface area contributed by atoms with Gasteiger partial charge >= 0.3 is 0 Å². The van der Waals surface area contributed by atoms with Crippen LogP contribution < -0.4 is 14.8 Å². The standard InChI is InChI=1S/C18H19Cl2NO3S/c1-23-16-7-6-12(8-17(16)24-2)9-21-18(22)11-25-10-13-14(19)4-3-5-15(13)20/h3-8H,9-11H2,1-2H3,(H,21,22). The molecule has 25 heavy (non-hydrogen) atoms. The van der Waals surface area contributed by atoms with Crippen LogP contribution in [0.2, 0.25) is 10.0 Å². The molecule has 2 aromatic carbocycles. The lowest BCUT2D eigenvalue weighted by atomic mass is 10.2. The van der Waals surface area contributed by atoms with Gasteiger partial charge in [-0.2, -0.15) is 0 Å². The molecule has 0 saturated carbocycles. The van der Waals surface area contributed by atoms with Crippen molar-refractivity contribution in [3.63, 3.8) is 0 Å². The molecule has 2 aromatic rings. The molecule has 0 aromatic heterocycles. The second kappa shape index (κ2) is 9.80. The van der Waals surface area contributed by atoms with Crippen LogP contribution in [0.3, 0.4) is 0 Å². The molecule has 2 rings (SSSR count). The summed E-state index contributed by atoms with van der Waals surface area (Å²) in [5.41, 5.74) is 1.79. The molecule has 0 heterocycles. The third-order valence-electron chi connectivity index (χ3n) is 3.48.